The standard InChI is InChI=1S/C12H15N5O/c1-8(9-5-3-2-4-6-9)14-12-16-10(7-18)15-11(13)17-12/h2-6,8,18H,7H2,1H3,(H3,13,14,15,16,17). The first-order valence-corrected chi connectivity index (χ1v) is 5.62. The molecule has 0 saturated heterocycles. The quantitative estimate of drug-likeness (QED) is 0.746. The van der Waals surface area contributed by atoms with Crippen molar-refractivity contribution in [1.82, 2.24) is 15.0 Å². The molecule has 6 heteroatoms. The van der Waals surface area contributed by atoms with Gasteiger partial charge < -0.3 is 16.2 Å². The largest absolute Gasteiger partial charge is 0.388 e. The maximum absolute atomic E-state index is 9.00. The number of hydrogen-bond donors (Lipinski definition) is 3. The Balaban J connectivity index is 2.16. The predicted octanol–water partition coefficient (Wildman–Crippen LogP) is 1.12. The van der Waals surface area contributed by atoms with Crippen molar-refractivity contribution in [2.45, 2.75) is 19.6 Å². The van der Waals surface area contributed by atoms with Crippen LogP contribution in [0, 0.1) is 0 Å². The lowest BCUT2D eigenvalue weighted by atomic mass is 10.1. The molecule has 0 fully saturated rings. The molecule has 1 aromatic carbocycles. The van der Waals surface area contributed by atoms with E-state index in [0.29, 0.717) is 5.95 Å². The van der Waals surface area contributed by atoms with Crippen molar-refractivity contribution in [3.8, 4) is 0 Å². The van der Waals surface area contributed by atoms with Crippen LogP contribution in [-0.2, 0) is 6.61 Å². The smallest absolute Gasteiger partial charge is 0.228 e. The van der Waals surface area contributed by atoms with Gasteiger partial charge in [-0.3, -0.25) is 0 Å². The van der Waals surface area contributed by atoms with Gasteiger partial charge in [0.05, 0.1) is 6.04 Å². The maximum atomic E-state index is 9.00. The van der Waals surface area contributed by atoms with E-state index in [-0.39, 0.29) is 24.4 Å². The zero-order valence-electron chi connectivity index (χ0n) is 10.0. The second kappa shape index (κ2) is 5.42. The molecule has 4 N–H and O–H groups in total. The Kier molecular flexibility index (Phi) is 3.69. The SMILES string of the molecule is CC(Nc1nc(N)nc(CO)n1)c1ccccc1. The summed E-state index contributed by atoms with van der Waals surface area (Å²) in [5, 5.41) is 12.1. The summed E-state index contributed by atoms with van der Waals surface area (Å²) in [6, 6.07) is 9.95. The maximum Gasteiger partial charge on any atom is 0.228 e. The van der Waals surface area contributed by atoms with Crippen LogP contribution in [0.25, 0.3) is 0 Å². The second-order valence-electron chi connectivity index (χ2n) is 3.87. The molecule has 6 nitrogen and oxygen atoms in total. The average molecular weight is 245 g/mol. The Bertz CT molecular complexity index is 517. The number of nitrogens with two attached hydrogens (primary N) is 1. The first-order valence-electron chi connectivity index (χ1n) is 5.62. The number of aromatic nitrogens is 3. The zero-order chi connectivity index (χ0) is 13.0. The molecule has 0 aliphatic rings. The van der Waals surface area contributed by atoms with Crippen LogP contribution in [0.15, 0.2) is 30.3 Å². The lowest BCUT2D eigenvalue weighted by molar-refractivity contribution is 0.271. The van der Waals surface area contributed by atoms with Crippen molar-refractivity contribution in [2.24, 2.45) is 0 Å². The van der Waals surface area contributed by atoms with Gasteiger partial charge in [0.25, 0.3) is 0 Å². The highest BCUT2D eigenvalue weighted by molar-refractivity contribution is 5.35. The molecule has 1 aromatic heterocycles. The molecule has 0 bridgehead atoms. The van der Waals surface area contributed by atoms with Gasteiger partial charge in [-0.15, -0.1) is 0 Å². The molecule has 0 aliphatic heterocycles. The first kappa shape index (κ1) is 12.3. The Labute approximate surface area is 105 Å². The molecule has 18 heavy (non-hydrogen) atoms. The highest BCUT2D eigenvalue weighted by Gasteiger charge is 2.08. The van der Waals surface area contributed by atoms with E-state index in [1.807, 2.05) is 37.3 Å². The third-order valence-corrected chi connectivity index (χ3v) is 2.49. The lowest BCUT2D eigenvalue weighted by Gasteiger charge is -2.14. The number of aliphatic hydroxyl groups excluding tert-OH is 1. The minimum atomic E-state index is -0.263. The van der Waals surface area contributed by atoms with E-state index in [9.17, 15) is 0 Å². The van der Waals surface area contributed by atoms with Crippen LogP contribution >= 0.6 is 0 Å². The average Bonchev–Trinajstić information content (AvgIpc) is 2.39. The summed E-state index contributed by atoms with van der Waals surface area (Å²) in [6.45, 7) is 1.73. The molecule has 0 spiro atoms. The number of nitrogens with one attached hydrogen (secondary N) is 1. The van der Waals surface area contributed by atoms with Gasteiger partial charge in [0.1, 0.15) is 6.61 Å². The van der Waals surface area contributed by atoms with Crippen molar-refractivity contribution in [1.29, 1.82) is 0 Å². The Morgan fingerprint density at radius 1 is 1.22 bits per heavy atom. The third-order valence-electron chi connectivity index (χ3n) is 2.49. The van der Waals surface area contributed by atoms with Crippen LogP contribution in [0.4, 0.5) is 11.9 Å². The summed E-state index contributed by atoms with van der Waals surface area (Å²) >= 11 is 0. The number of benzene rings is 1. The zero-order valence-corrected chi connectivity index (χ0v) is 10.0. The summed E-state index contributed by atoms with van der Waals surface area (Å²) < 4.78 is 0. The van der Waals surface area contributed by atoms with E-state index in [0.717, 1.165) is 5.56 Å². The summed E-state index contributed by atoms with van der Waals surface area (Å²) in [6.07, 6.45) is 0. The van der Waals surface area contributed by atoms with Crippen LogP contribution in [0.3, 0.4) is 0 Å². The number of rotatable bonds is 4. The van der Waals surface area contributed by atoms with E-state index in [2.05, 4.69) is 20.3 Å². The van der Waals surface area contributed by atoms with Crippen molar-refractivity contribution in [2.75, 3.05) is 11.1 Å². The van der Waals surface area contributed by atoms with E-state index in [1.54, 1.807) is 0 Å². The van der Waals surface area contributed by atoms with Crippen LogP contribution in [0.5, 0.6) is 0 Å². The molecule has 1 heterocycles. The van der Waals surface area contributed by atoms with Gasteiger partial charge in [-0.25, -0.2) is 0 Å². The Hall–Kier alpha value is -2.21. The minimum Gasteiger partial charge on any atom is -0.388 e. The number of hydrogen-bond acceptors (Lipinski definition) is 6. The van der Waals surface area contributed by atoms with Gasteiger partial charge in [-0.05, 0) is 12.5 Å². The van der Waals surface area contributed by atoms with Crippen molar-refractivity contribution >= 4 is 11.9 Å². The fraction of sp³-hybridized carbons (Fsp3) is 0.250. The fourth-order valence-corrected chi connectivity index (χ4v) is 1.59. The van der Waals surface area contributed by atoms with Crippen LogP contribution < -0.4 is 11.1 Å². The molecule has 0 saturated carbocycles. The van der Waals surface area contributed by atoms with Crippen LogP contribution in [-0.4, -0.2) is 20.1 Å². The number of nitrogens with zero attached hydrogens (tertiary/aromatic N) is 3. The Morgan fingerprint density at radius 2 is 1.94 bits per heavy atom. The monoisotopic (exact) mass is 245 g/mol. The highest BCUT2D eigenvalue weighted by Crippen LogP contribution is 2.16. The topological polar surface area (TPSA) is 97.0 Å². The molecule has 0 amide bonds. The van der Waals surface area contributed by atoms with Crippen LogP contribution in [0.2, 0.25) is 0 Å². The molecule has 1 unspecified atom stereocenters. The van der Waals surface area contributed by atoms with Crippen molar-refractivity contribution < 1.29 is 5.11 Å². The summed E-state index contributed by atoms with van der Waals surface area (Å²) in [5.41, 5.74) is 6.65. The fourth-order valence-electron chi connectivity index (χ4n) is 1.59. The Morgan fingerprint density at radius 3 is 2.61 bits per heavy atom. The highest BCUT2D eigenvalue weighted by atomic mass is 16.3. The number of nitrogen functional groups attached to an aromatic ring is 1. The molecule has 0 aliphatic carbocycles. The van der Waals surface area contributed by atoms with Crippen molar-refractivity contribution in [3.63, 3.8) is 0 Å². The van der Waals surface area contributed by atoms with Gasteiger partial charge in [0.15, 0.2) is 5.82 Å². The van der Waals surface area contributed by atoms with Gasteiger partial charge >= 0.3 is 0 Å². The molecule has 94 valence electrons. The first-order chi connectivity index (χ1) is 8.69. The van der Waals surface area contributed by atoms with Gasteiger partial charge in [-0.1, -0.05) is 30.3 Å². The molecule has 1 atom stereocenters. The number of anilines is 2. The summed E-state index contributed by atoms with van der Waals surface area (Å²) in [4.78, 5) is 11.8. The predicted molar refractivity (Wildman–Crippen MR) is 68.6 cm³/mol. The third kappa shape index (κ3) is 2.92. The van der Waals surface area contributed by atoms with E-state index >= 15 is 0 Å². The lowest BCUT2D eigenvalue weighted by Crippen LogP contribution is -2.13. The molecular weight excluding hydrogens is 230 g/mol. The van der Waals surface area contributed by atoms with E-state index in [1.165, 1.54) is 0 Å². The molecule has 2 aromatic rings. The second-order valence-corrected chi connectivity index (χ2v) is 3.87. The van der Waals surface area contributed by atoms with Gasteiger partial charge in [0.2, 0.25) is 11.9 Å². The summed E-state index contributed by atoms with van der Waals surface area (Å²) in [5.74, 6) is 0.713. The minimum absolute atomic E-state index is 0.0412. The van der Waals surface area contributed by atoms with E-state index < -0.39 is 0 Å². The molecule has 0 radical (unpaired) electrons. The molecule has 2 rings (SSSR count). The molecular formula is C12H15N5O. The normalized spacial score (nSPS) is 12.1. The van der Waals surface area contributed by atoms with Crippen LogP contribution in [0.1, 0.15) is 24.4 Å². The summed E-state index contributed by atoms with van der Waals surface area (Å²) in [7, 11) is 0. The van der Waals surface area contributed by atoms with Gasteiger partial charge in [-0.2, -0.15) is 15.0 Å². The number of aliphatic hydroxyl groups is 1. The van der Waals surface area contributed by atoms with Gasteiger partial charge in [0, 0.05) is 0 Å². The van der Waals surface area contributed by atoms with Crippen molar-refractivity contribution in [3.05, 3.63) is 41.7 Å². The van der Waals surface area contributed by atoms with E-state index in [4.69, 9.17) is 10.8 Å².